The first-order valence-corrected chi connectivity index (χ1v) is 5.89. The molecule has 2 aromatic heterocycles. The van der Waals surface area contributed by atoms with Crippen molar-refractivity contribution >= 4 is 11.6 Å². The zero-order chi connectivity index (χ0) is 13.9. The minimum atomic E-state index is -0.221. The first kappa shape index (κ1) is 12.0. The summed E-state index contributed by atoms with van der Waals surface area (Å²) in [7, 11) is 0. The third-order valence-electron chi connectivity index (χ3n) is 2.80. The van der Waals surface area contributed by atoms with Crippen LogP contribution in [0.25, 0.3) is 11.4 Å². The van der Waals surface area contributed by atoms with Gasteiger partial charge >= 0.3 is 0 Å². The molecule has 0 radical (unpaired) electrons. The number of amides is 1. The molecule has 1 aromatic carbocycles. The second-order valence-electron chi connectivity index (χ2n) is 4.18. The van der Waals surface area contributed by atoms with Crippen LogP contribution in [0.4, 0.5) is 5.69 Å². The van der Waals surface area contributed by atoms with E-state index in [1.54, 1.807) is 19.1 Å². The molecular formula is C12H11N7O. The Bertz CT molecular complexity index is 732. The summed E-state index contributed by atoms with van der Waals surface area (Å²) in [5, 5.41) is 23.0. The molecule has 20 heavy (non-hydrogen) atoms. The second-order valence-corrected chi connectivity index (χ2v) is 4.18. The van der Waals surface area contributed by atoms with Crippen molar-refractivity contribution in [1.82, 2.24) is 30.8 Å². The third-order valence-corrected chi connectivity index (χ3v) is 2.80. The number of aryl methyl sites for hydroxylation is 1. The van der Waals surface area contributed by atoms with Gasteiger partial charge in [0.25, 0.3) is 5.91 Å². The number of aromatic amines is 2. The average molecular weight is 269 g/mol. The molecule has 0 fully saturated rings. The minimum absolute atomic E-state index is 0.221. The van der Waals surface area contributed by atoms with Gasteiger partial charge in [-0.3, -0.25) is 9.89 Å². The molecule has 3 rings (SSSR count). The molecule has 3 N–H and O–H groups in total. The Kier molecular flexibility index (Phi) is 2.96. The van der Waals surface area contributed by atoms with Gasteiger partial charge in [-0.25, -0.2) is 0 Å². The summed E-state index contributed by atoms with van der Waals surface area (Å²) < 4.78 is 0. The number of hydrogen-bond donors (Lipinski definition) is 3. The molecule has 8 nitrogen and oxygen atoms in total. The predicted molar refractivity (Wildman–Crippen MR) is 70.9 cm³/mol. The summed E-state index contributed by atoms with van der Waals surface area (Å²) in [4.78, 5) is 12.1. The molecule has 2 heterocycles. The van der Waals surface area contributed by atoms with Crippen molar-refractivity contribution in [3.63, 3.8) is 0 Å². The van der Waals surface area contributed by atoms with Gasteiger partial charge in [-0.2, -0.15) is 10.3 Å². The van der Waals surface area contributed by atoms with E-state index in [9.17, 15) is 4.79 Å². The van der Waals surface area contributed by atoms with E-state index in [1.807, 2.05) is 12.1 Å². The highest BCUT2D eigenvalue weighted by molar-refractivity contribution is 6.05. The molecule has 0 unspecified atom stereocenters. The van der Waals surface area contributed by atoms with Gasteiger partial charge in [0.15, 0.2) is 0 Å². The van der Waals surface area contributed by atoms with Gasteiger partial charge in [0, 0.05) is 16.9 Å². The Labute approximate surface area is 113 Å². The van der Waals surface area contributed by atoms with Gasteiger partial charge in [0.05, 0.1) is 11.8 Å². The van der Waals surface area contributed by atoms with E-state index in [2.05, 4.69) is 36.1 Å². The Hall–Kier alpha value is -3.03. The quantitative estimate of drug-likeness (QED) is 0.660. The van der Waals surface area contributed by atoms with Crippen LogP contribution in [0.3, 0.4) is 0 Å². The lowest BCUT2D eigenvalue weighted by Crippen LogP contribution is -2.12. The van der Waals surface area contributed by atoms with Crippen molar-refractivity contribution in [2.45, 2.75) is 6.92 Å². The number of nitrogens with one attached hydrogen (secondary N) is 3. The van der Waals surface area contributed by atoms with Crippen molar-refractivity contribution in [3.05, 3.63) is 41.7 Å². The molecule has 8 heteroatoms. The van der Waals surface area contributed by atoms with E-state index in [0.717, 1.165) is 11.3 Å². The lowest BCUT2D eigenvalue weighted by atomic mass is 10.2. The fourth-order valence-electron chi connectivity index (χ4n) is 1.80. The van der Waals surface area contributed by atoms with Crippen LogP contribution in [0.5, 0.6) is 0 Å². The molecule has 0 bridgehead atoms. The van der Waals surface area contributed by atoms with E-state index < -0.39 is 0 Å². The number of nitrogens with zero attached hydrogens (tertiary/aromatic N) is 4. The van der Waals surface area contributed by atoms with Crippen molar-refractivity contribution in [2.75, 3.05) is 5.32 Å². The van der Waals surface area contributed by atoms with Crippen molar-refractivity contribution < 1.29 is 4.79 Å². The summed E-state index contributed by atoms with van der Waals surface area (Å²) >= 11 is 0. The SMILES string of the molecule is Cc1[nH]ncc1C(=O)Nc1cccc(-c2nn[nH]n2)c1. The summed E-state index contributed by atoms with van der Waals surface area (Å²) in [6.45, 7) is 1.79. The minimum Gasteiger partial charge on any atom is -0.322 e. The number of hydrogen-bond acceptors (Lipinski definition) is 5. The topological polar surface area (TPSA) is 112 Å². The van der Waals surface area contributed by atoms with Crippen LogP contribution in [0.1, 0.15) is 16.1 Å². The molecule has 0 aliphatic heterocycles. The first-order valence-electron chi connectivity index (χ1n) is 5.89. The standard InChI is InChI=1S/C12H11N7O/c1-7-10(6-13-15-7)12(20)14-9-4-2-3-8(5-9)11-16-18-19-17-11/h2-6H,1H3,(H,13,15)(H,14,20)(H,16,17,18,19). The van der Waals surface area contributed by atoms with Gasteiger partial charge in [0.2, 0.25) is 5.82 Å². The number of anilines is 1. The maximum absolute atomic E-state index is 12.1. The predicted octanol–water partition coefficient (Wildman–Crippen LogP) is 1.15. The summed E-state index contributed by atoms with van der Waals surface area (Å²) in [5.41, 5.74) is 2.64. The number of rotatable bonds is 3. The monoisotopic (exact) mass is 269 g/mol. The molecule has 0 spiro atoms. The molecule has 1 amide bonds. The van der Waals surface area contributed by atoms with E-state index in [-0.39, 0.29) is 5.91 Å². The van der Waals surface area contributed by atoms with Crippen molar-refractivity contribution in [3.8, 4) is 11.4 Å². The smallest absolute Gasteiger partial charge is 0.259 e. The van der Waals surface area contributed by atoms with Crippen LogP contribution in [-0.2, 0) is 0 Å². The number of aromatic nitrogens is 6. The van der Waals surface area contributed by atoms with E-state index in [4.69, 9.17) is 0 Å². The summed E-state index contributed by atoms with van der Waals surface area (Å²) in [6.07, 6.45) is 1.49. The van der Waals surface area contributed by atoms with Crippen LogP contribution in [0.15, 0.2) is 30.5 Å². The lowest BCUT2D eigenvalue weighted by Gasteiger charge is -2.05. The number of benzene rings is 1. The molecule has 0 aliphatic carbocycles. The summed E-state index contributed by atoms with van der Waals surface area (Å²) in [6, 6.07) is 7.21. The summed E-state index contributed by atoms with van der Waals surface area (Å²) in [5.74, 6) is 0.252. The fraction of sp³-hybridized carbons (Fsp3) is 0.0833. The van der Waals surface area contributed by atoms with Crippen LogP contribution in [0, 0.1) is 6.92 Å². The maximum Gasteiger partial charge on any atom is 0.259 e. The third kappa shape index (κ3) is 2.26. The van der Waals surface area contributed by atoms with Gasteiger partial charge in [-0.15, -0.1) is 10.2 Å². The largest absolute Gasteiger partial charge is 0.322 e. The van der Waals surface area contributed by atoms with Crippen LogP contribution in [-0.4, -0.2) is 36.7 Å². The zero-order valence-corrected chi connectivity index (χ0v) is 10.6. The molecule has 3 aromatic rings. The van der Waals surface area contributed by atoms with Gasteiger partial charge in [-0.1, -0.05) is 12.1 Å². The molecule has 100 valence electrons. The van der Waals surface area contributed by atoms with Gasteiger partial charge < -0.3 is 5.32 Å². The number of H-pyrrole nitrogens is 2. The number of tetrazole rings is 1. The highest BCUT2D eigenvalue weighted by Gasteiger charge is 2.11. The number of carbonyl (C=O) groups is 1. The molecule has 0 saturated heterocycles. The molecule has 0 saturated carbocycles. The Balaban J connectivity index is 1.83. The Morgan fingerprint density at radius 1 is 1.35 bits per heavy atom. The number of carbonyl (C=O) groups excluding carboxylic acids is 1. The van der Waals surface area contributed by atoms with Crippen molar-refractivity contribution in [2.24, 2.45) is 0 Å². The van der Waals surface area contributed by atoms with E-state index in [0.29, 0.717) is 17.1 Å². The highest BCUT2D eigenvalue weighted by Crippen LogP contribution is 2.19. The molecular weight excluding hydrogens is 258 g/mol. The Morgan fingerprint density at radius 2 is 2.25 bits per heavy atom. The van der Waals surface area contributed by atoms with Gasteiger partial charge in [-0.05, 0) is 24.3 Å². The van der Waals surface area contributed by atoms with Gasteiger partial charge in [0.1, 0.15) is 0 Å². The molecule has 0 aliphatic rings. The van der Waals surface area contributed by atoms with Crippen LogP contribution < -0.4 is 5.32 Å². The highest BCUT2D eigenvalue weighted by atomic mass is 16.1. The zero-order valence-electron chi connectivity index (χ0n) is 10.6. The Morgan fingerprint density at radius 3 is 2.95 bits per heavy atom. The van der Waals surface area contributed by atoms with Crippen LogP contribution >= 0.6 is 0 Å². The first-order chi connectivity index (χ1) is 9.74. The average Bonchev–Trinajstić information content (AvgIpc) is 3.09. The normalized spacial score (nSPS) is 10.4. The van der Waals surface area contributed by atoms with Crippen LogP contribution in [0.2, 0.25) is 0 Å². The van der Waals surface area contributed by atoms with E-state index >= 15 is 0 Å². The lowest BCUT2D eigenvalue weighted by molar-refractivity contribution is 0.102. The van der Waals surface area contributed by atoms with E-state index in [1.165, 1.54) is 6.20 Å². The maximum atomic E-state index is 12.1. The fourth-order valence-corrected chi connectivity index (χ4v) is 1.80. The van der Waals surface area contributed by atoms with Crippen molar-refractivity contribution in [1.29, 1.82) is 0 Å². The second kappa shape index (κ2) is 4.92. The molecule has 0 atom stereocenters.